The number of aromatic nitrogens is 1. The van der Waals surface area contributed by atoms with Gasteiger partial charge in [0.25, 0.3) is 0 Å². The van der Waals surface area contributed by atoms with Gasteiger partial charge in [0, 0.05) is 39.8 Å². The summed E-state index contributed by atoms with van der Waals surface area (Å²) in [5.41, 5.74) is 10.1. The Bertz CT molecular complexity index is 1480. The van der Waals surface area contributed by atoms with E-state index in [-0.39, 0.29) is 16.9 Å². The first-order chi connectivity index (χ1) is 20.9. The van der Waals surface area contributed by atoms with Crippen LogP contribution in [0.4, 0.5) is 35.1 Å². The van der Waals surface area contributed by atoms with E-state index in [9.17, 15) is 39.9 Å². The van der Waals surface area contributed by atoms with Crippen molar-refractivity contribution in [1.82, 2.24) is 4.98 Å². The fraction of sp³-hybridized carbons (Fsp3) is 0.500. The summed E-state index contributed by atoms with van der Waals surface area (Å²) in [4.78, 5) is 16.4. The van der Waals surface area contributed by atoms with Crippen LogP contribution in [-0.2, 0) is 23.7 Å². The molecule has 2 aromatic heterocycles. The van der Waals surface area contributed by atoms with Crippen molar-refractivity contribution < 1.29 is 63.3 Å². The third-order valence-corrected chi connectivity index (χ3v) is 7.26. The van der Waals surface area contributed by atoms with Crippen LogP contribution in [0.15, 0.2) is 58.1 Å². The highest BCUT2D eigenvalue weighted by Gasteiger charge is 2.57. The number of hydrogen-bond donors (Lipinski definition) is 2. The van der Waals surface area contributed by atoms with Crippen molar-refractivity contribution in [1.29, 1.82) is 0 Å². The minimum absolute atomic E-state index is 0.0268. The molecule has 46 heavy (non-hydrogen) atoms. The molecule has 18 heteroatoms. The number of fused-ring (bicyclic) bond motifs is 1. The molecule has 9 nitrogen and oxygen atoms in total. The van der Waals surface area contributed by atoms with E-state index in [1.807, 2.05) is 0 Å². The first-order valence-corrected chi connectivity index (χ1v) is 14.3. The number of nitrogens with zero attached hydrogens (tertiary/aromatic N) is 1. The van der Waals surface area contributed by atoms with Crippen LogP contribution in [0.1, 0.15) is 34.1 Å². The number of furan rings is 1. The van der Waals surface area contributed by atoms with Gasteiger partial charge in [0.05, 0.1) is 11.2 Å². The van der Waals surface area contributed by atoms with Gasteiger partial charge in [-0.05, 0) is 70.5 Å². The Hall–Kier alpha value is -3.03. The lowest BCUT2D eigenvalue weighted by atomic mass is 9.79. The first kappa shape index (κ1) is 37.4. The van der Waals surface area contributed by atoms with Crippen LogP contribution in [0.25, 0.3) is 22.3 Å². The molecule has 0 fully saturated rings. The van der Waals surface area contributed by atoms with E-state index in [1.165, 1.54) is 38.2 Å². The number of carbonyl (C=O) groups excluding carboxylic acids is 1. The summed E-state index contributed by atoms with van der Waals surface area (Å²) in [6.07, 6.45) is -18.6. The first-order valence-electron chi connectivity index (χ1n) is 13.3. The van der Waals surface area contributed by atoms with E-state index in [4.69, 9.17) is 15.9 Å². The lowest BCUT2D eigenvalue weighted by Crippen LogP contribution is -2.51. The van der Waals surface area contributed by atoms with Crippen molar-refractivity contribution in [3.8, 4) is 11.3 Å². The van der Waals surface area contributed by atoms with Gasteiger partial charge >= 0.3 is 30.8 Å². The number of benzene rings is 1. The number of hydrogen-bond acceptors (Lipinski definition) is 10. The molecule has 0 saturated heterocycles. The second-order valence-corrected chi connectivity index (χ2v) is 12.5. The summed E-state index contributed by atoms with van der Waals surface area (Å²) < 4.78 is 131. The molecule has 2 heterocycles. The molecule has 0 saturated carbocycles. The number of thioether (sulfide) groups is 1. The summed E-state index contributed by atoms with van der Waals surface area (Å²) in [5.74, 6) is -2.49. The molecular weight excluding hydrogens is 658 g/mol. The zero-order valence-corrected chi connectivity index (χ0v) is 25.6. The maximum atomic E-state index is 14.2. The molecule has 1 unspecified atom stereocenters. The van der Waals surface area contributed by atoms with E-state index in [0.717, 1.165) is 0 Å². The number of carbonyl (C=O) groups is 1. The van der Waals surface area contributed by atoms with E-state index < -0.39 is 60.1 Å². The van der Waals surface area contributed by atoms with Crippen molar-refractivity contribution in [2.75, 3.05) is 12.4 Å². The summed E-state index contributed by atoms with van der Waals surface area (Å²) in [6, 6.07) is 8.22. The second-order valence-electron chi connectivity index (χ2n) is 11.4. The minimum atomic E-state index is -5.89. The highest BCUT2D eigenvalue weighted by Crippen LogP contribution is 2.39. The quantitative estimate of drug-likeness (QED) is 0.0705. The normalized spacial score (nSPS) is 14.5. The molecule has 0 bridgehead atoms. The highest BCUT2D eigenvalue weighted by molar-refractivity contribution is 7.99. The lowest BCUT2D eigenvalue weighted by molar-refractivity contribution is -0.572. The monoisotopic (exact) mass is 689 g/mol. The Morgan fingerprint density at radius 2 is 1.57 bits per heavy atom. The number of esters is 1. The minimum Gasteiger partial charge on any atom is -0.456 e. The molecule has 0 aliphatic heterocycles. The van der Waals surface area contributed by atoms with Gasteiger partial charge in [-0.25, -0.2) is 14.2 Å². The van der Waals surface area contributed by atoms with E-state index in [2.05, 4.69) is 23.9 Å². The zero-order valence-electron chi connectivity index (χ0n) is 24.8. The molecule has 3 aromatic rings. The van der Waals surface area contributed by atoms with Crippen LogP contribution in [0, 0.1) is 5.41 Å². The largest absolute Gasteiger partial charge is 0.496 e. The van der Waals surface area contributed by atoms with Gasteiger partial charge in [-0.3, -0.25) is 9.78 Å². The Labute approximate surface area is 261 Å². The van der Waals surface area contributed by atoms with E-state index in [1.54, 1.807) is 38.2 Å². The SMILES string of the molecule is CC(C)(N)CC(N)C(C)(C)C(=O)OCC(F)(F)OC(F)(F)OC(F)(F)OC(F)(F)CSc1ccc2cc(-c3cccnc3)oc2c1. The van der Waals surface area contributed by atoms with Crippen molar-refractivity contribution in [2.45, 2.75) is 75.4 Å². The third-order valence-electron chi connectivity index (χ3n) is 6.19. The Morgan fingerprint density at radius 3 is 2.15 bits per heavy atom. The number of nitrogens with two attached hydrogens (primary N) is 2. The van der Waals surface area contributed by atoms with Crippen LogP contribution in [-0.4, -0.2) is 59.7 Å². The van der Waals surface area contributed by atoms with E-state index in [0.29, 0.717) is 28.5 Å². The predicted molar refractivity (Wildman–Crippen MR) is 149 cm³/mol. The lowest BCUT2D eigenvalue weighted by Gasteiger charge is -2.34. The molecule has 0 aliphatic rings. The topological polar surface area (TPSA) is 132 Å². The van der Waals surface area contributed by atoms with Gasteiger partial charge in [0.2, 0.25) is 0 Å². The molecule has 1 aromatic carbocycles. The highest BCUT2D eigenvalue weighted by atomic mass is 32.2. The number of halogens is 8. The summed E-state index contributed by atoms with van der Waals surface area (Å²) in [5, 5.41) is 0.586. The molecular formula is C28H31F8N3O6S. The zero-order chi connectivity index (χ0) is 34.8. The van der Waals surface area contributed by atoms with Gasteiger partial charge in [0.15, 0.2) is 6.61 Å². The number of pyridine rings is 1. The average molecular weight is 690 g/mol. The van der Waals surface area contributed by atoms with Crippen molar-refractivity contribution in [3.05, 3.63) is 48.8 Å². The molecule has 0 spiro atoms. The van der Waals surface area contributed by atoms with Crippen molar-refractivity contribution >= 4 is 28.7 Å². The molecule has 0 radical (unpaired) electrons. The van der Waals surface area contributed by atoms with Crippen LogP contribution in [0.5, 0.6) is 0 Å². The van der Waals surface area contributed by atoms with Gasteiger partial charge in [0.1, 0.15) is 11.3 Å². The van der Waals surface area contributed by atoms with Crippen LogP contribution in [0.3, 0.4) is 0 Å². The number of alkyl halides is 8. The Balaban J connectivity index is 1.55. The molecule has 4 N–H and O–H groups in total. The maximum Gasteiger partial charge on any atom is 0.496 e. The summed E-state index contributed by atoms with van der Waals surface area (Å²) in [7, 11) is 0. The number of rotatable bonds is 16. The molecule has 3 rings (SSSR count). The summed E-state index contributed by atoms with van der Waals surface area (Å²) in [6.45, 7) is 3.40. The van der Waals surface area contributed by atoms with Gasteiger partial charge in [-0.1, -0.05) is 0 Å². The van der Waals surface area contributed by atoms with Crippen molar-refractivity contribution in [3.63, 3.8) is 0 Å². The van der Waals surface area contributed by atoms with Gasteiger partial charge in [-0.15, -0.1) is 29.3 Å². The number of ether oxygens (including phenoxy) is 4. The molecule has 0 aliphatic carbocycles. The molecule has 0 amide bonds. The Morgan fingerprint density at radius 1 is 0.935 bits per heavy atom. The fourth-order valence-electron chi connectivity index (χ4n) is 3.81. The average Bonchev–Trinajstić information content (AvgIpc) is 3.32. The second kappa shape index (κ2) is 13.6. The van der Waals surface area contributed by atoms with Crippen LogP contribution < -0.4 is 11.5 Å². The predicted octanol–water partition coefficient (Wildman–Crippen LogP) is 6.95. The van der Waals surface area contributed by atoms with Gasteiger partial charge < -0.3 is 20.6 Å². The van der Waals surface area contributed by atoms with E-state index >= 15 is 0 Å². The Kier molecular flexibility index (Phi) is 11.1. The van der Waals surface area contributed by atoms with Crippen LogP contribution in [0.2, 0.25) is 0 Å². The van der Waals surface area contributed by atoms with Gasteiger partial charge in [-0.2, -0.15) is 17.6 Å². The van der Waals surface area contributed by atoms with Crippen molar-refractivity contribution in [2.24, 2.45) is 16.9 Å². The smallest absolute Gasteiger partial charge is 0.456 e. The summed E-state index contributed by atoms with van der Waals surface area (Å²) >= 11 is 0.293. The fourth-order valence-corrected chi connectivity index (χ4v) is 4.56. The third kappa shape index (κ3) is 11.0. The molecule has 1 atom stereocenters. The van der Waals surface area contributed by atoms with Crippen LogP contribution >= 0.6 is 11.8 Å². The maximum absolute atomic E-state index is 14.2. The standard InChI is InChI=1S/C28H31F8N3O6S/c1-23(2,38)12-21(37)24(3,4)22(40)41-14-25(29,30)43-27(33,34)45-28(35,36)44-26(31,32)15-46-18-8-7-16-10-19(42-20(16)11-18)17-6-5-9-39-13-17/h5-11,13,21H,12,14-15,37-38H2,1-4H3. The molecule has 256 valence electrons.